The summed E-state index contributed by atoms with van der Waals surface area (Å²) in [5, 5.41) is 3.51. The largest absolute Gasteiger partial charge is 0.472 e. The lowest BCUT2D eigenvalue weighted by Gasteiger charge is -2.41. The van der Waals surface area contributed by atoms with Gasteiger partial charge in [0.25, 0.3) is 0 Å². The zero-order valence-electron chi connectivity index (χ0n) is 16.8. The molecular weight excluding hydrogens is 354 g/mol. The van der Waals surface area contributed by atoms with E-state index in [9.17, 15) is 0 Å². The molecule has 0 amide bonds. The highest BCUT2D eigenvalue weighted by Gasteiger charge is 2.46. The molecule has 3 heterocycles. The van der Waals surface area contributed by atoms with Crippen LogP contribution in [-0.2, 0) is 9.47 Å². The molecule has 6 nitrogen and oxygen atoms in total. The summed E-state index contributed by atoms with van der Waals surface area (Å²) in [6.45, 7) is 3.60. The van der Waals surface area contributed by atoms with E-state index >= 15 is 0 Å². The first-order valence-electron chi connectivity index (χ1n) is 11.3. The molecule has 1 aromatic heterocycles. The quantitative estimate of drug-likeness (QED) is 0.686. The van der Waals surface area contributed by atoms with Crippen LogP contribution in [0.3, 0.4) is 0 Å². The zero-order valence-corrected chi connectivity index (χ0v) is 16.8. The minimum Gasteiger partial charge on any atom is -0.472 e. The van der Waals surface area contributed by atoms with Crippen LogP contribution in [0.15, 0.2) is 23.0 Å². The Morgan fingerprint density at radius 2 is 1.86 bits per heavy atom. The van der Waals surface area contributed by atoms with Gasteiger partial charge in [0.2, 0.25) is 0 Å². The monoisotopic (exact) mass is 389 g/mol. The first kappa shape index (κ1) is 19.1. The third kappa shape index (κ3) is 4.17. The summed E-state index contributed by atoms with van der Waals surface area (Å²) >= 11 is 0. The Morgan fingerprint density at radius 1 is 0.893 bits per heavy atom. The molecule has 4 fully saturated rings. The van der Waals surface area contributed by atoms with Gasteiger partial charge in [-0.1, -0.05) is 0 Å². The fraction of sp³-hybridized carbons (Fsp3) is 0.818. The third-order valence-corrected chi connectivity index (χ3v) is 7.45. The summed E-state index contributed by atoms with van der Waals surface area (Å²) in [6.07, 6.45) is 12.6. The average molecular weight is 390 g/mol. The minimum atomic E-state index is 0.335. The van der Waals surface area contributed by atoms with Crippen LogP contribution in [0.5, 0.6) is 0 Å². The summed E-state index contributed by atoms with van der Waals surface area (Å²) in [4.78, 5) is 0. The lowest BCUT2D eigenvalue weighted by molar-refractivity contribution is -0.0104. The molecule has 2 aliphatic carbocycles. The number of hydrogen-bond acceptors (Lipinski definition) is 6. The SMILES string of the molecule is c1cc(C2CC3CC(C2)C2NNC4CCC(CC42)OCCCNCCO3)co1. The van der Waals surface area contributed by atoms with Crippen LogP contribution in [0, 0.1) is 11.8 Å². The van der Waals surface area contributed by atoms with Crippen molar-refractivity contribution in [3.8, 4) is 0 Å². The van der Waals surface area contributed by atoms with Gasteiger partial charge in [-0.25, -0.2) is 0 Å². The minimum absolute atomic E-state index is 0.335. The summed E-state index contributed by atoms with van der Waals surface area (Å²) < 4.78 is 18.0. The first-order chi connectivity index (χ1) is 13.9. The molecule has 2 saturated heterocycles. The standard InChI is InChI=1S/C22H35N3O3/c1-5-23-6-9-28-19-11-16(15-4-8-26-14-15)10-17(12-19)22-20-13-18(27-7-1)2-3-21(20)24-25-22/h4,8,14,16-25H,1-3,5-7,9-13H2. The lowest BCUT2D eigenvalue weighted by atomic mass is 9.69. The Kier molecular flexibility index (Phi) is 6.02. The molecule has 0 radical (unpaired) electrons. The van der Waals surface area contributed by atoms with E-state index in [1.54, 1.807) is 0 Å². The van der Waals surface area contributed by atoms with Crippen LogP contribution < -0.4 is 16.2 Å². The molecule has 0 aromatic carbocycles. The number of fused-ring (bicyclic) bond motifs is 4. The van der Waals surface area contributed by atoms with Crippen LogP contribution in [0.2, 0.25) is 0 Å². The van der Waals surface area contributed by atoms with E-state index in [4.69, 9.17) is 13.9 Å². The van der Waals surface area contributed by atoms with Crippen molar-refractivity contribution in [3.63, 3.8) is 0 Å². The molecule has 2 aliphatic heterocycles. The van der Waals surface area contributed by atoms with Crippen molar-refractivity contribution in [3.05, 3.63) is 24.2 Å². The second-order valence-electron chi connectivity index (χ2n) is 9.21. The predicted octanol–water partition coefficient (Wildman–Crippen LogP) is 2.57. The molecule has 7 unspecified atom stereocenters. The molecule has 1 aromatic rings. The summed E-state index contributed by atoms with van der Waals surface area (Å²) in [5.41, 5.74) is 8.66. The van der Waals surface area contributed by atoms with Gasteiger partial charge in [0.15, 0.2) is 0 Å². The molecule has 4 bridgehead atoms. The second kappa shape index (κ2) is 8.84. The van der Waals surface area contributed by atoms with Crippen molar-refractivity contribution in [2.45, 2.75) is 75.2 Å². The van der Waals surface area contributed by atoms with Crippen LogP contribution in [-0.4, -0.2) is 50.6 Å². The Morgan fingerprint density at radius 3 is 2.79 bits per heavy atom. The smallest absolute Gasteiger partial charge is 0.0937 e. The maximum absolute atomic E-state index is 6.36. The maximum Gasteiger partial charge on any atom is 0.0937 e. The number of hydrogen-bond donors (Lipinski definition) is 3. The topological polar surface area (TPSA) is 67.7 Å². The van der Waals surface area contributed by atoms with E-state index in [0.717, 1.165) is 45.6 Å². The lowest BCUT2D eigenvalue weighted by Crippen LogP contribution is -2.44. The highest BCUT2D eigenvalue weighted by Crippen LogP contribution is 2.44. The molecule has 0 spiro atoms. The Balaban J connectivity index is 1.35. The van der Waals surface area contributed by atoms with Crippen molar-refractivity contribution in [1.29, 1.82) is 0 Å². The normalized spacial score (nSPS) is 42.5. The van der Waals surface area contributed by atoms with Gasteiger partial charge >= 0.3 is 0 Å². The fourth-order valence-corrected chi connectivity index (χ4v) is 6.06. The Labute approximate surface area is 168 Å². The summed E-state index contributed by atoms with van der Waals surface area (Å²) in [6, 6.07) is 3.25. The number of nitrogens with one attached hydrogen (secondary N) is 3. The highest BCUT2D eigenvalue weighted by molar-refractivity contribution is 5.15. The van der Waals surface area contributed by atoms with Crippen molar-refractivity contribution in [2.75, 3.05) is 26.3 Å². The number of hydrazine groups is 1. The van der Waals surface area contributed by atoms with Crippen LogP contribution >= 0.6 is 0 Å². The van der Waals surface area contributed by atoms with Gasteiger partial charge in [-0.3, -0.25) is 10.9 Å². The van der Waals surface area contributed by atoms with Gasteiger partial charge in [-0.15, -0.1) is 0 Å². The van der Waals surface area contributed by atoms with Gasteiger partial charge < -0.3 is 19.2 Å². The summed E-state index contributed by atoms with van der Waals surface area (Å²) in [5.74, 6) is 1.82. The van der Waals surface area contributed by atoms with Gasteiger partial charge in [0.05, 0.1) is 31.3 Å². The van der Waals surface area contributed by atoms with Crippen molar-refractivity contribution in [2.24, 2.45) is 11.8 Å². The first-order valence-corrected chi connectivity index (χ1v) is 11.3. The molecule has 6 heteroatoms. The number of rotatable bonds is 1. The highest BCUT2D eigenvalue weighted by atomic mass is 16.5. The Bertz CT molecular complexity index is 610. The van der Waals surface area contributed by atoms with E-state index in [1.165, 1.54) is 31.2 Å². The van der Waals surface area contributed by atoms with Crippen molar-refractivity contribution >= 4 is 0 Å². The van der Waals surface area contributed by atoms with Crippen molar-refractivity contribution < 1.29 is 13.9 Å². The number of ether oxygens (including phenoxy) is 2. The molecule has 4 aliphatic rings. The number of furan rings is 1. The molecular formula is C22H35N3O3. The van der Waals surface area contributed by atoms with Gasteiger partial charge in [-0.05, 0) is 80.9 Å². The van der Waals surface area contributed by atoms with Crippen molar-refractivity contribution in [1.82, 2.24) is 16.2 Å². The predicted molar refractivity (Wildman–Crippen MR) is 107 cm³/mol. The van der Waals surface area contributed by atoms with E-state index < -0.39 is 0 Å². The Hall–Kier alpha value is -0.920. The zero-order chi connectivity index (χ0) is 18.8. The third-order valence-electron chi connectivity index (χ3n) is 7.45. The van der Waals surface area contributed by atoms with E-state index in [1.807, 2.05) is 12.5 Å². The van der Waals surface area contributed by atoms with E-state index in [2.05, 4.69) is 22.2 Å². The van der Waals surface area contributed by atoms with Crippen LogP contribution in [0.1, 0.15) is 56.4 Å². The van der Waals surface area contributed by atoms with E-state index in [0.29, 0.717) is 42.0 Å². The van der Waals surface area contributed by atoms with Crippen LogP contribution in [0.4, 0.5) is 0 Å². The maximum atomic E-state index is 6.36. The fourth-order valence-electron chi connectivity index (χ4n) is 6.06. The van der Waals surface area contributed by atoms with Gasteiger partial charge in [0, 0.05) is 25.2 Å². The molecule has 7 atom stereocenters. The van der Waals surface area contributed by atoms with Gasteiger partial charge in [0.1, 0.15) is 0 Å². The molecule has 5 rings (SSSR count). The van der Waals surface area contributed by atoms with Gasteiger partial charge in [-0.2, -0.15) is 0 Å². The summed E-state index contributed by atoms with van der Waals surface area (Å²) in [7, 11) is 0. The van der Waals surface area contributed by atoms with E-state index in [-0.39, 0.29) is 0 Å². The molecule has 3 N–H and O–H groups in total. The second-order valence-corrected chi connectivity index (χ2v) is 9.21. The van der Waals surface area contributed by atoms with Crippen LogP contribution in [0.25, 0.3) is 0 Å². The molecule has 28 heavy (non-hydrogen) atoms. The average Bonchev–Trinajstić information content (AvgIpc) is 3.39. The molecule has 2 saturated carbocycles. The molecule has 156 valence electrons.